The highest BCUT2D eigenvalue weighted by atomic mass is 15.0. The van der Waals surface area contributed by atoms with Gasteiger partial charge in [-0.2, -0.15) is 0 Å². The molecular formula is C100H62N4. The zero-order chi connectivity index (χ0) is 68.1. The molecule has 0 saturated heterocycles. The van der Waals surface area contributed by atoms with Crippen LogP contribution in [0.5, 0.6) is 0 Å². The molecule has 0 radical (unpaired) electrons. The molecule has 0 spiro atoms. The quantitative estimate of drug-likeness (QED) is 0.158. The predicted molar refractivity (Wildman–Crippen MR) is 444 cm³/mol. The SMILES string of the molecule is c1ccc(-n2c3ccccc3c3c4ccc(-c5ccc6ccc7c(c6c5)c5ccccc5n7-c5cccc6ccccc56)cc4ccc32)cc1.c1ccc2cc(-n3c4ccccc4c4c5ccc(-c6ccc7ccc8c(c7c6)c6ccccc6n8-c6cccc7ccccc67)cc5ccc43)ccc2c1. The summed E-state index contributed by atoms with van der Waals surface area (Å²) in [6.07, 6.45) is 0. The fraction of sp³-hybridized carbons (Fsp3) is 0. The van der Waals surface area contributed by atoms with Crippen LogP contribution in [-0.4, -0.2) is 18.3 Å². The molecule has 0 amide bonds. The largest absolute Gasteiger partial charge is 0.309 e. The minimum absolute atomic E-state index is 1.18. The van der Waals surface area contributed by atoms with Crippen LogP contribution in [0.15, 0.2) is 376 Å². The van der Waals surface area contributed by atoms with Gasteiger partial charge in [0.2, 0.25) is 0 Å². The molecule has 0 unspecified atom stereocenters. The third-order valence-electron chi connectivity index (χ3n) is 22.3. The van der Waals surface area contributed by atoms with E-state index in [-0.39, 0.29) is 0 Å². The second-order valence-electron chi connectivity index (χ2n) is 27.9. The van der Waals surface area contributed by atoms with Crippen molar-refractivity contribution >= 4 is 163 Å². The lowest BCUT2D eigenvalue weighted by molar-refractivity contribution is 1.18. The van der Waals surface area contributed by atoms with Gasteiger partial charge in [0.25, 0.3) is 0 Å². The van der Waals surface area contributed by atoms with Gasteiger partial charge in [-0.25, -0.2) is 0 Å². The summed E-state index contributed by atoms with van der Waals surface area (Å²) in [5.74, 6) is 0. The van der Waals surface area contributed by atoms with Gasteiger partial charge in [0.1, 0.15) is 0 Å². The van der Waals surface area contributed by atoms with E-state index in [0.29, 0.717) is 0 Å². The van der Waals surface area contributed by atoms with Crippen LogP contribution >= 0.6 is 0 Å². The zero-order valence-corrected chi connectivity index (χ0v) is 56.6. The first kappa shape index (κ1) is 58.0. The average Bonchev–Trinajstić information content (AvgIpc) is 1.58. The fourth-order valence-corrected chi connectivity index (χ4v) is 17.7. The van der Waals surface area contributed by atoms with Gasteiger partial charge in [-0.1, -0.05) is 267 Å². The van der Waals surface area contributed by atoms with Crippen molar-refractivity contribution in [1.29, 1.82) is 0 Å². The fourth-order valence-electron chi connectivity index (χ4n) is 17.7. The van der Waals surface area contributed by atoms with Gasteiger partial charge in [-0.05, 0) is 196 Å². The van der Waals surface area contributed by atoms with Crippen LogP contribution in [0.3, 0.4) is 0 Å². The lowest BCUT2D eigenvalue weighted by Gasteiger charge is -2.12. The number of benzene rings is 19. The Morgan fingerprint density at radius 3 is 0.933 bits per heavy atom. The average molecular weight is 1320 g/mol. The monoisotopic (exact) mass is 1320 g/mol. The molecule has 23 rings (SSSR count). The van der Waals surface area contributed by atoms with E-state index in [1.807, 2.05) is 0 Å². The van der Waals surface area contributed by atoms with E-state index in [1.54, 1.807) is 0 Å². The van der Waals surface area contributed by atoms with Crippen LogP contribution in [-0.2, 0) is 0 Å². The standard InChI is InChI=1S/C52H32N2.C48H30N2/c1-2-12-36-31-40(26-22-33(36)10-1)53-47-17-7-5-15-43(47)51-42-27-23-37(30-39(42)25-29-49(51)53)38-21-20-35-24-28-50-52(45(35)32-38)44-16-6-8-18-48(44)54(50)46-19-9-13-34-11-3-4-14-41(34)46;1-2-13-36(14-3-1)49-43-18-8-6-16-39(43)47-38-26-23-33(29-35(38)25-28-45(47)49)34-22-21-32-24-27-46-48(41(32)30-34)40-17-7-9-19-44(40)50(46)42-20-10-12-31-11-4-5-15-37(31)42/h1-32H;1-30H. The van der Waals surface area contributed by atoms with E-state index < -0.39 is 0 Å². The van der Waals surface area contributed by atoms with Gasteiger partial charge in [-0.15, -0.1) is 0 Å². The minimum atomic E-state index is 1.18. The molecule has 0 bridgehead atoms. The van der Waals surface area contributed by atoms with E-state index in [0.717, 1.165) is 0 Å². The molecule has 0 aliphatic rings. The van der Waals surface area contributed by atoms with E-state index in [2.05, 4.69) is 394 Å². The summed E-state index contributed by atoms with van der Waals surface area (Å²) in [7, 11) is 0. The summed E-state index contributed by atoms with van der Waals surface area (Å²) in [5.41, 5.74) is 19.5. The second-order valence-corrected chi connectivity index (χ2v) is 27.9. The third-order valence-corrected chi connectivity index (χ3v) is 22.3. The highest BCUT2D eigenvalue weighted by Crippen LogP contribution is 2.45. The summed E-state index contributed by atoms with van der Waals surface area (Å²) in [4.78, 5) is 0. The lowest BCUT2D eigenvalue weighted by Crippen LogP contribution is -1.95. The van der Waals surface area contributed by atoms with Crippen molar-refractivity contribution in [3.8, 4) is 45.0 Å². The first-order valence-electron chi connectivity index (χ1n) is 36.0. The Bertz CT molecular complexity index is 7530. The molecule has 0 saturated carbocycles. The maximum atomic E-state index is 2.45. The molecule has 0 N–H and O–H groups in total. The normalized spacial score (nSPS) is 12.0. The Balaban J connectivity index is 0.000000131. The second kappa shape index (κ2) is 22.9. The van der Waals surface area contributed by atoms with Crippen molar-refractivity contribution in [2.45, 2.75) is 0 Å². The molecule has 19 aromatic carbocycles. The molecule has 4 heterocycles. The van der Waals surface area contributed by atoms with Crippen LogP contribution in [0.25, 0.3) is 208 Å². The maximum Gasteiger partial charge on any atom is 0.0547 e. The Morgan fingerprint density at radius 1 is 0.135 bits per heavy atom. The van der Waals surface area contributed by atoms with Crippen molar-refractivity contribution in [3.05, 3.63) is 376 Å². The van der Waals surface area contributed by atoms with Crippen LogP contribution in [0, 0.1) is 0 Å². The maximum absolute atomic E-state index is 2.45. The summed E-state index contributed by atoms with van der Waals surface area (Å²) in [6.45, 7) is 0. The number of nitrogens with zero attached hydrogens (tertiary/aromatic N) is 4. The number of aromatic nitrogens is 4. The Kier molecular flexibility index (Phi) is 12.8. The zero-order valence-electron chi connectivity index (χ0n) is 56.6. The molecule has 4 heteroatoms. The Labute approximate surface area is 598 Å². The molecule has 4 aromatic heterocycles. The summed E-state index contributed by atoms with van der Waals surface area (Å²) in [5, 5.41) is 27.9. The third kappa shape index (κ3) is 8.79. The van der Waals surface area contributed by atoms with Crippen LogP contribution in [0.1, 0.15) is 0 Å². The smallest absolute Gasteiger partial charge is 0.0547 e. The number of hydrogen-bond donors (Lipinski definition) is 0. The van der Waals surface area contributed by atoms with Crippen molar-refractivity contribution < 1.29 is 0 Å². The van der Waals surface area contributed by atoms with Gasteiger partial charge < -0.3 is 18.3 Å². The molecule has 0 aliphatic heterocycles. The molecular weight excluding hydrogens is 1260 g/mol. The molecule has 4 nitrogen and oxygen atoms in total. The minimum Gasteiger partial charge on any atom is -0.309 e. The first-order chi connectivity index (χ1) is 51.6. The lowest BCUT2D eigenvalue weighted by atomic mass is 9.95. The van der Waals surface area contributed by atoms with Crippen LogP contribution in [0.4, 0.5) is 0 Å². The van der Waals surface area contributed by atoms with Crippen LogP contribution in [0.2, 0.25) is 0 Å². The molecule has 23 aromatic rings. The molecule has 482 valence electrons. The van der Waals surface area contributed by atoms with E-state index >= 15 is 0 Å². The number of rotatable bonds is 6. The van der Waals surface area contributed by atoms with E-state index in [1.165, 1.54) is 208 Å². The van der Waals surface area contributed by atoms with Crippen molar-refractivity contribution in [1.82, 2.24) is 18.3 Å². The molecule has 0 aliphatic carbocycles. The van der Waals surface area contributed by atoms with Crippen molar-refractivity contribution in [3.63, 3.8) is 0 Å². The summed E-state index contributed by atoms with van der Waals surface area (Å²) in [6, 6.07) is 138. The first-order valence-corrected chi connectivity index (χ1v) is 36.0. The van der Waals surface area contributed by atoms with E-state index in [9.17, 15) is 0 Å². The van der Waals surface area contributed by atoms with Crippen molar-refractivity contribution in [2.24, 2.45) is 0 Å². The highest BCUT2D eigenvalue weighted by molar-refractivity contribution is 6.26. The summed E-state index contributed by atoms with van der Waals surface area (Å²) < 4.78 is 9.72. The van der Waals surface area contributed by atoms with Gasteiger partial charge in [0, 0.05) is 65.2 Å². The van der Waals surface area contributed by atoms with Gasteiger partial charge in [-0.3, -0.25) is 0 Å². The van der Waals surface area contributed by atoms with Crippen molar-refractivity contribution in [2.75, 3.05) is 0 Å². The summed E-state index contributed by atoms with van der Waals surface area (Å²) >= 11 is 0. The number of para-hydroxylation sites is 5. The van der Waals surface area contributed by atoms with Crippen LogP contribution < -0.4 is 0 Å². The van der Waals surface area contributed by atoms with Gasteiger partial charge in [0.15, 0.2) is 0 Å². The topological polar surface area (TPSA) is 19.7 Å². The predicted octanol–water partition coefficient (Wildman–Crippen LogP) is 27.2. The van der Waals surface area contributed by atoms with Gasteiger partial charge >= 0.3 is 0 Å². The number of hydrogen-bond acceptors (Lipinski definition) is 0. The number of fused-ring (bicyclic) bond motifs is 23. The molecule has 0 fully saturated rings. The molecule has 104 heavy (non-hydrogen) atoms. The Morgan fingerprint density at radius 2 is 0.452 bits per heavy atom. The highest BCUT2D eigenvalue weighted by Gasteiger charge is 2.22. The van der Waals surface area contributed by atoms with E-state index in [4.69, 9.17) is 0 Å². The van der Waals surface area contributed by atoms with Gasteiger partial charge in [0.05, 0.1) is 55.5 Å². The Hall–Kier alpha value is -13.8. The molecule has 0 atom stereocenters.